The van der Waals surface area contributed by atoms with Gasteiger partial charge >= 0.3 is 12.1 Å². The number of carbonyl (C=O) groups is 4. The molecule has 3 rings (SSSR count). The lowest BCUT2D eigenvalue weighted by molar-refractivity contribution is -0.161. The number of ether oxygens (including phenoxy) is 2. The smallest absolute Gasteiger partial charge is 0.411 e. The minimum atomic E-state index is -1.13. The number of aliphatic hydroxyl groups excluding tert-OH is 1. The van der Waals surface area contributed by atoms with E-state index in [1.54, 1.807) is 71.9 Å². The van der Waals surface area contributed by atoms with Crippen LogP contribution >= 0.6 is 11.6 Å². The van der Waals surface area contributed by atoms with Crippen LogP contribution in [0.2, 0.25) is 5.02 Å². The molecule has 2 aromatic carbocycles. The quantitative estimate of drug-likeness (QED) is 0.318. The molecule has 0 saturated carbocycles. The van der Waals surface area contributed by atoms with E-state index >= 15 is 0 Å². The zero-order chi connectivity index (χ0) is 29.8. The molecule has 1 saturated heterocycles. The first-order chi connectivity index (χ1) is 18.6. The summed E-state index contributed by atoms with van der Waals surface area (Å²) in [7, 11) is 0. The Morgan fingerprint density at radius 3 is 2.05 bits per heavy atom. The first-order valence-electron chi connectivity index (χ1n) is 12.9. The molecular weight excluding hydrogens is 538 g/mol. The van der Waals surface area contributed by atoms with Gasteiger partial charge in [0.2, 0.25) is 0 Å². The molecule has 2 aromatic rings. The summed E-state index contributed by atoms with van der Waals surface area (Å²) in [6.07, 6.45) is -1.78. The summed E-state index contributed by atoms with van der Waals surface area (Å²) in [5.41, 5.74) is -1.20. The third kappa shape index (κ3) is 7.73. The summed E-state index contributed by atoms with van der Waals surface area (Å²) < 4.78 is 10.9. The molecule has 1 fully saturated rings. The third-order valence-corrected chi connectivity index (χ3v) is 6.18. The van der Waals surface area contributed by atoms with Crippen LogP contribution in [-0.4, -0.2) is 80.5 Å². The van der Waals surface area contributed by atoms with E-state index in [9.17, 15) is 24.3 Å². The van der Waals surface area contributed by atoms with Crippen molar-refractivity contribution in [2.75, 3.05) is 13.3 Å². The fourth-order valence-corrected chi connectivity index (χ4v) is 4.33. The molecule has 216 valence electrons. The molecule has 3 amide bonds. The van der Waals surface area contributed by atoms with Gasteiger partial charge in [-0.1, -0.05) is 29.8 Å². The zero-order valence-electron chi connectivity index (χ0n) is 23.6. The largest absolute Gasteiger partial charge is 0.444 e. The zero-order valence-corrected chi connectivity index (χ0v) is 24.3. The number of amides is 3. The minimum absolute atomic E-state index is 0.0604. The Balaban J connectivity index is 1.93. The monoisotopic (exact) mass is 573 g/mol. The van der Waals surface area contributed by atoms with E-state index in [4.69, 9.17) is 21.1 Å². The number of benzene rings is 2. The van der Waals surface area contributed by atoms with E-state index in [-0.39, 0.29) is 18.5 Å². The average molecular weight is 574 g/mol. The highest BCUT2D eigenvalue weighted by Crippen LogP contribution is 2.25. The Bertz CT molecular complexity index is 1220. The molecular formula is C29H36ClN3O7. The molecule has 0 spiro atoms. The number of carbonyl (C=O) groups excluding carboxylic acids is 4. The van der Waals surface area contributed by atoms with E-state index in [0.29, 0.717) is 10.6 Å². The van der Waals surface area contributed by atoms with Crippen LogP contribution in [0.4, 0.5) is 4.79 Å². The lowest BCUT2D eigenvalue weighted by Crippen LogP contribution is -2.59. The number of β-amino-alcohol motifs (C(OH)–C–C–N with tert-alkyl or cyclic N) is 1. The van der Waals surface area contributed by atoms with Gasteiger partial charge in [0.05, 0.1) is 18.2 Å². The van der Waals surface area contributed by atoms with Crippen LogP contribution in [0, 0.1) is 0 Å². The van der Waals surface area contributed by atoms with Crippen molar-refractivity contribution in [1.29, 1.82) is 0 Å². The molecule has 1 aliphatic heterocycles. The number of nitrogens with zero attached hydrogens (tertiary/aromatic N) is 3. The number of hydrogen-bond acceptors (Lipinski definition) is 7. The van der Waals surface area contributed by atoms with Gasteiger partial charge in [-0.2, -0.15) is 0 Å². The first-order valence-corrected chi connectivity index (χ1v) is 13.3. The first kappa shape index (κ1) is 30.9. The highest BCUT2D eigenvalue weighted by molar-refractivity contribution is 6.30. The summed E-state index contributed by atoms with van der Waals surface area (Å²) in [4.78, 5) is 54.6. The van der Waals surface area contributed by atoms with Gasteiger partial charge in [0, 0.05) is 22.6 Å². The number of esters is 1. The second kappa shape index (κ2) is 12.3. The lowest BCUT2D eigenvalue weighted by Gasteiger charge is -2.43. The van der Waals surface area contributed by atoms with Crippen molar-refractivity contribution in [2.45, 2.75) is 71.2 Å². The van der Waals surface area contributed by atoms with E-state index in [2.05, 4.69) is 0 Å². The molecule has 0 bridgehead atoms. The lowest BCUT2D eigenvalue weighted by atomic mass is 10.1. The summed E-state index contributed by atoms with van der Waals surface area (Å²) in [5.74, 6) is -1.95. The van der Waals surface area contributed by atoms with Crippen molar-refractivity contribution >= 4 is 35.5 Å². The van der Waals surface area contributed by atoms with Crippen LogP contribution in [0.3, 0.4) is 0 Å². The van der Waals surface area contributed by atoms with Crippen LogP contribution in [-0.2, 0) is 14.3 Å². The van der Waals surface area contributed by atoms with Crippen molar-refractivity contribution in [1.82, 2.24) is 14.9 Å². The molecule has 40 heavy (non-hydrogen) atoms. The molecule has 2 atom stereocenters. The minimum Gasteiger partial charge on any atom is -0.444 e. The Hall–Kier alpha value is -3.63. The molecule has 1 N–H and O–H groups in total. The maximum Gasteiger partial charge on any atom is 0.411 e. The summed E-state index contributed by atoms with van der Waals surface area (Å²) in [5, 5.41) is 12.9. The van der Waals surface area contributed by atoms with E-state index in [1.807, 2.05) is 0 Å². The standard InChI is InChI=1S/C29H36ClN3O7/c1-28(2,3)33(25(36)19-10-8-7-9-11-19)32(24(35)20-12-14-21(30)15-13-20)18-39-26(37)23-16-22(34)17-31(23)27(38)40-29(4,5)6/h7-15,22-23,34H,16-18H2,1-6H3. The Kier molecular flexibility index (Phi) is 9.48. The van der Waals surface area contributed by atoms with Crippen molar-refractivity contribution in [3.8, 4) is 0 Å². The molecule has 0 aliphatic carbocycles. The van der Waals surface area contributed by atoms with E-state index in [0.717, 1.165) is 9.91 Å². The SMILES string of the molecule is CC(C)(C)OC(=O)N1CC(O)CC1C(=O)OCN(C(=O)c1ccc(Cl)cc1)N(C(=O)c1ccccc1)C(C)(C)C. The maximum absolute atomic E-state index is 13.8. The maximum atomic E-state index is 13.8. The highest BCUT2D eigenvalue weighted by Gasteiger charge is 2.43. The number of rotatable bonds is 5. The summed E-state index contributed by atoms with van der Waals surface area (Å²) >= 11 is 6.01. The average Bonchev–Trinajstić information content (AvgIpc) is 3.27. The Labute approximate surface area is 239 Å². The number of hydrazine groups is 1. The molecule has 11 heteroatoms. The molecule has 2 unspecified atom stereocenters. The molecule has 0 aromatic heterocycles. The van der Waals surface area contributed by atoms with Crippen LogP contribution in [0.1, 0.15) is 68.7 Å². The fraction of sp³-hybridized carbons (Fsp3) is 0.448. The van der Waals surface area contributed by atoms with Gasteiger partial charge in [-0.15, -0.1) is 0 Å². The molecule has 0 radical (unpaired) electrons. The van der Waals surface area contributed by atoms with Gasteiger partial charge in [0.15, 0.2) is 6.73 Å². The Morgan fingerprint density at radius 2 is 1.50 bits per heavy atom. The third-order valence-electron chi connectivity index (χ3n) is 5.92. The fourth-order valence-electron chi connectivity index (χ4n) is 4.21. The van der Waals surface area contributed by atoms with Crippen LogP contribution in [0.15, 0.2) is 54.6 Å². The number of halogens is 1. The van der Waals surface area contributed by atoms with Gasteiger partial charge in [-0.25, -0.2) is 19.6 Å². The number of hydrogen-bond donors (Lipinski definition) is 1. The van der Waals surface area contributed by atoms with Crippen molar-refractivity contribution < 1.29 is 33.8 Å². The number of likely N-dealkylation sites (tertiary alicyclic amines) is 1. The van der Waals surface area contributed by atoms with E-state index < -0.39 is 53.9 Å². The van der Waals surface area contributed by atoms with Gasteiger partial charge in [0.1, 0.15) is 11.6 Å². The van der Waals surface area contributed by atoms with Crippen LogP contribution < -0.4 is 0 Å². The second-order valence-corrected chi connectivity index (χ2v) is 11.9. The van der Waals surface area contributed by atoms with E-state index in [1.165, 1.54) is 29.3 Å². The van der Waals surface area contributed by atoms with Gasteiger partial charge < -0.3 is 14.6 Å². The summed E-state index contributed by atoms with van der Waals surface area (Å²) in [6, 6.07) is 13.4. The molecule has 1 aliphatic rings. The second-order valence-electron chi connectivity index (χ2n) is 11.5. The van der Waals surface area contributed by atoms with Crippen molar-refractivity contribution in [3.05, 3.63) is 70.7 Å². The highest BCUT2D eigenvalue weighted by atomic mass is 35.5. The van der Waals surface area contributed by atoms with Crippen LogP contribution in [0.25, 0.3) is 0 Å². The van der Waals surface area contributed by atoms with Crippen molar-refractivity contribution in [2.24, 2.45) is 0 Å². The van der Waals surface area contributed by atoms with Gasteiger partial charge in [0.25, 0.3) is 11.8 Å². The predicted octanol–water partition coefficient (Wildman–Crippen LogP) is 4.51. The van der Waals surface area contributed by atoms with Gasteiger partial charge in [-0.05, 0) is 77.9 Å². The normalized spacial score (nSPS) is 17.2. The van der Waals surface area contributed by atoms with Crippen LogP contribution in [0.5, 0.6) is 0 Å². The Morgan fingerprint density at radius 1 is 0.925 bits per heavy atom. The van der Waals surface area contributed by atoms with Gasteiger partial charge in [-0.3, -0.25) is 14.5 Å². The predicted molar refractivity (Wildman–Crippen MR) is 148 cm³/mol. The molecule has 10 nitrogen and oxygen atoms in total. The molecule has 1 heterocycles. The number of aliphatic hydroxyl groups is 1. The summed E-state index contributed by atoms with van der Waals surface area (Å²) in [6.45, 7) is 9.56. The topological polar surface area (TPSA) is 117 Å². The van der Waals surface area contributed by atoms with Crippen molar-refractivity contribution in [3.63, 3.8) is 0 Å².